The summed E-state index contributed by atoms with van der Waals surface area (Å²) in [4.78, 5) is 17.4. The molecular weight excluding hydrogens is 280 g/mol. The van der Waals surface area contributed by atoms with Gasteiger partial charge in [0.05, 0.1) is 0 Å². The van der Waals surface area contributed by atoms with Gasteiger partial charge in [-0.15, -0.1) is 0 Å². The number of nitrogens with two attached hydrogens (primary N) is 1. The zero-order valence-electron chi connectivity index (χ0n) is 11.7. The second-order valence-corrected chi connectivity index (χ2v) is 4.91. The van der Waals surface area contributed by atoms with Crippen molar-refractivity contribution >= 4 is 17.5 Å². The Kier molecular flexibility index (Phi) is 5.26. The van der Waals surface area contributed by atoms with Crippen LogP contribution < -0.4 is 16.6 Å². The number of likely N-dealkylation sites (tertiary alicyclic amines) is 1. The molecule has 21 heavy (non-hydrogen) atoms. The van der Waals surface area contributed by atoms with Gasteiger partial charge in [0.15, 0.2) is 23.3 Å². The summed E-state index contributed by atoms with van der Waals surface area (Å²) in [6, 6.07) is 0.691. The fourth-order valence-corrected chi connectivity index (χ4v) is 2.28. The molecule has 2 rings (SSSR count). The van der Waals surface area contributed by atoms with E-state index in [0.717, 1.165) is 32.4 Å². The van der Waals surface area contributed by atoms with E-state index in [1.807, 2.05) is 10.3 Å². The van der Waals surface area contributed by atoms with E-state index < -0.39 is 11.6 Å². The third-order valence-electron chi connectivity index (χ3n) is 3.41. The molecule has 1 amide bonds. The van der Waals surface area contributed by atoms with Gasteiger partial charge in [0.1, 0.15) is 0 Å². The van der Waals surface area contributed by atoms with Crippen LogP contribution in [0.1, 0.15) is 25.7 Å². The Morgan fingerprint density at radius 3 is 2.57 bits per heavy atom. The summed E-state index contributed by atoms with van der Waals surface area (Å²) in [5.41, 5.74) is 2.05. The maximum absolute atomic E-state index is 13.5. The summed E-state index contributed by atoms with van der Waals surface area (Å²) >= 11 is 0. The molecule has 0 unspecified atom stereocenters. The monoisotopic (exact) mass is 299 g/mol. The smallest absolute Gasteiger partial charge is 0.224 e. The first-order valence-electron chi connectivity index (χ1n) is 6.96. The van der Waals surface area contributed by atoms with E-state index >= 15 is 0 Å². The summed E-state index contributed by atoms with van der Waals surface area (Å²) in [5.74, 6) is 3.04. The van der Waals surface area contributed by atoms with Gasteiger partial charge in [0.2, 0.25) is 5.91 Å². The first-order valence-corrected chi connectivity index (χ1v) is 6.96. The minimum absolute atomic E-state index is 0.0295. The summed E-state index contributed by atoms with van der Waals surface area (Å²) in [6.45, 7) is 1.79. The van der Waals surface area contributed by atoms with Crippen molar-refractivity contribution in [1.82, 2.24) is 9.88 Å². The number of carbonyl (C=O) groups excluding carboxylic acids is 1. The number of hydrazine groups is 1. The van der Waals surface area contributed by atoms with Crippen LogP contribution in [0.15, 0.2) is 6.07 Å². The van der Waals surface area contributed by atoms with Crippen LogP contribution in [0.5, 0.6) is 0 Å². The maximum Gasteiger partial charge on any atom is 0.224 e. The minimum Gasteiger partial charge on any atom is -0.367 e. The molecule has 4 N–H and O–H groups in total. The van der Waals surface area contributed by atoms with Crippen molar-refractivity contribution in [3.63, 3.8) is 0 Å². The first kappa shape index (κ1) is 15.4. The zero-order chi connectivity index (χ0) is 15.2. The molecule has 0 aliphatic carbocycles. The number of nitrogens with one attached hydrogen (secondary N) is 2. The quantitative estimate of drug-likeness (QED) is 0.566. The molecule has 1 fully saturated rings. The van der Waals surface area contributed by atoms with Crippen LogP contribution in [0.4, 0.5) is 20.4 Å². The Morgan fingerprint density at radius 2 is 1.90 bits per heavy atom. The second-order valence-electron chi connectivity index (χ2n) is 4.91. The molecule has 2 heterocycles. The van der Waals surface area contributed by atoms with Gasteiger partial charge in [-0.25, -0.2) is 19.6 Å². The highest BCUT2D eigenvalue weighted by atomic mass is 19.1. The molecule has 8 heteroatoms. The van der Waals surface area contributed by atoms with Gasteiger partial charge in [-0.3, -0.25) is 4.79 Å². The Labute approximate surface area is 121 Å². The molecule has 0 radical (unpaired) electrons. The molecular formula is C13H19F2N5O. The Hall–Kier alpha value is -1.96. The van der Waals surface area contributed by atoms with Gasteiger partial charge in [-0.2, -0.15) is 0 Å². The molecule has 1 aliphatic rings. The number of nitrogen functional groups attached to an aromatic ring is 1. The number of hydrogen-bond acceptors (Lipinski definition) is 5. The van der Waals surface area contributed by atoms with Crippen LogP contribution in [0.25, 0.3) is 0 Å². The summed E-state index contributed by atoms with van der Waals surface area (Å²) in [5, 5.41) is 2.69. The minimum atomic E-state index is -0.870. The van der Waals surface area contributed by atoms with Crippen molar-refractivity contribution in [3.8, 4) is 0 Å². The molecule has 0 atom stereocenters. The third-order valence-corrected chi connectivity index (χ3v) is 3.41. The highest BCUT2D eigenvalue weighted by Crippen LogP contribution is 2.18. The van der Waals surface area contributed by atoms with E-state index in [0.29, 0.717) is 6.07 Å². The number of anilines is 2. The largest absolute Gasteiger partial charge is 0.367 e. The van der Waals surface area contributed by atoms with Crippen LogP contribution in [0.2, 0.25) is 0 Å². The summed E-state index contributed by atoms with van der Waals surface area (Å²) in [6.07, 6.45) is 3.45. The molecule has 1 aliphatic heterocycles. The normalized spacial score (nSPS) is 14.9. The van der Waals surface area contributed by atoms with Crippen LogP contribution in [0.3, 0.4) is 0 Å². The van der Waals surface area contributed by atoms with Gasteiger partial charge in [-0.05, 0) is 19.3 Å². The lowest BCUT2D eigenvalue weighted by Crippen LogP contribution is -2.36. The predicted molar refractivity (Wildman–Crippen MR) is 75.5 cm³/mol. The molecule has 1 aromatic rings. The van der Waals surface area contributed by atoms with Crippen LogP contribution in [-0.4, -0.2) is 35.4 Å². The van der Waals surface area contributed by atoms with Gasteiger partial charge in [-0.1, -0.05) is 0 Å². The van der Waals surface area contributed by atoms with E-state index in [1.165, 1.54) is 0 Å². The molecule has 1 aromatic heterocycles. The number of nitrogens with zero attached hydrogens (tertiary/aromatic N) is 2. The summed E-state index contributed by atoms with van der Waals surface area (Å²) < 4.78 is 26.7. The predicted octanol–water partition coefficient (Wildman–Crippen LogP) is 1.46. The Bertz CT molecular complexity index is 506. The molecule has 0 aromatic carbocycles. The van der Waals surface area contributed by atoms with Crippen molar-refractivity contribution in [1.29, 1.82) is 0 Å². The Balaban J connectivity index is 1.86. The third kappa shape index (κ3) is 4.01. The first-order chi connectivity index (χ1) is 10.1. The number of carbonyl (C=O) groups is 1. The fourth-order valence-electron chi connectivity index (χ4n) is 2.28. The number of aromatic nitrogens is 1. The molecule has 0 saturated carbocycles. The summed E-state index contributed by atoms with van der Waals surface area (Å²) in [7, 11) is 0. The second kappa shape index (κ2) is 7.16. The van der Waals surface area contributed by atoms with Crippen LogP contribution in [0, 0.1) is 11.6 Å². The Morgan fingerprint density at radius 1 is 1.24 bits per heavy atom. The molecule has 6 nitrogen and oxygen atoms in total. The van der Waals surface area contributed by atoms with Crippen molar-refractivity contribution in [2.45, 2.75) is 25.7 Å². The number of amides is 1. The van der Waals surface area contributed by atoms with Crippen molar-refractivity contribution in [2.24, 2.45) is 5.84 Å². The van der Waals surface area contributed by atoms with E-state index in [4.69, 9.17) is 5.84 Å². The number of pyridine rings is 1. The van der Waals surface area contributed by atoms with E-state index in [-0.39, 0.29) is 30.5 Å². The molecule has 0 bridgehead atoms. The van der Waals surface area contributed by atoms with E-state index in [1.54, 1.807) is 0 Å². The highest BCUT2D eigenvalue weighted by molar-refractivity contribution is 5.76. The molecule has 0 spiro atoms. The lowest BCUT2D eigenvalue weighted by Gasteiger charge is -2.26. The van der Waals surface area contributed by atoms with Gasteiger partial charge in [0, 0.05) is 32.1 Å². The maximum atomic E-state index is 13.5. The van der Waals surface area contributed by atoms with Gasteiger partial charge in [0.25, 0.3) is 0 Å². The SMILES string of the molecule is NNc1nc(NCCC(=O)N2CCCCC2)c(F)cc1F. The van der Waals surface area contributed by atoms with Crippen LogP contribution >= 0.6 is 0 Å². The van der Waals surface area contributed by atoms with Crippen molar-refractivity contribution < 1.29 is 13.6 Å². The van der Waals surface area contributed by atoms with Crippen molar-refractivity contribution in [2.75, 3.05) is 30.4 Å². The zero-order valence-corrected chi connectivity index (χ0v) is 11.7. The van der Waals surface area contributed by atoms with Gasteiger partial charge < -0.3 is 15.6 Å². The standard InChI is InChI=1S/C13H19F2N5O/c14-9-8-10(15)13(19-16)18-12(9)17-5-4-11(21)20-6-2-1-3-7-20/h8H,1-7,16H2,(H2,17,18,19). The lowest BCUT2D eigenvalue weighted by atomic mass is 10.1. The van der Waals surface area contributed by atoms with E-state index in [2.05, 4.69) is 10.3 Å². The highest BCUT2D eigenvalue weighted by Gasteiger charge is 2.16. The number of halogens is 2. The van der Waals surface area contributed by atoms with E-state index in [9.17, 15) is 13.6 Å². The average molecular weight is 299 g/mol. The fraction of sp³-hybridized carbons (Fsp3) is 0.538. The number of hydrogen-bond donors (Lipinski definition) is 3. The molecule has 116 valence electrons. The lowest BCUT2D eigenvalue weighted by molar-refractivity contribution is -0.131. The van der Waals surface area contributed by atoms with Crippen molar-refractivity contribution in [3.05, 3.63) is 17.7 Å². The average Bonchev–Trinajstić information content (AvgIpc) is 2.50. The van der Waals surface area contributed by atoms with Crippen LogP contribution in [-0.2, 0) is 4.79 Å². The van der Waals surface area contributed by atoms with Gasteiger partial charge >= 0.3 is 0 Å². The number of piperidine rings is 1. The number of rotatable bonds is 5. The topological polar surface area (TPSA) is 83.3 Å². The molecule has 1 saturated heterocycles.